The van der Waals surface area contributed by atoms with Gasteiger partial charge in [-0.2, -0.15) is 0 Å². The molecular weight excluding hydrogens is 494 g/mol. The lowest BCUT2D eigenvalue weighted by molar-refractivity contribution is -0.143. The fourth-order valence-electron chi connectivity index (χ4n) is 6.11. The molecule has 0 saturated carbocycles. The average molecular weight is 538 g/mol. The van der Waals surface area contributed by atoms with Crippen LogP contribution in [0, 0.1) is 11.8 Å². The number of likely N-dealkylation sites (tertiary alicyclic amines) is 1. The number of carbonyl (C=O) groups excluding carboxylic acids is 1. The van der Waals surface area contributed by atoms with Gasteiger partial charge in [-0.25, -0.2) is 0 Å². The molecule has 4 rings (SSSR count). The molecule has 2 heterocycles. The van der Waals surface area contributed by atoms with E-state index in [1.165, 1.54) is 0 Å². The van der Waals surface area contributed by atoms with Gasteiger partial charge >= 0.3 is 5.97 Å². The Hall–Kier alpha value is -3.10. The number of carboxylic acids is 1. The molecule has 0 bridgehead atoms. The molecule has 2 aromatic carbocycles. The van der Waals surface area contributed by atoms with Crippen LogP contribution in [0.4, 0.5) is 5.69 Å². The van der Waals surface area contributed by atoms with Crippen molar-refractivity contribution in [3.63, 3.8) is 0 Å². The van der Waals surface area contributed by atoms with Crippen LogP contribution in [0.1, 0.15) is 69.9 Å². The first-order valence-corrected chi connectivity index (χ1v) is 14.3. The molecule has 212 valence electrons. The molecule has 4 atom stereocenters. The van der Waals surface area contributed by atoms with Crippen molar-refractivity contribution in [1.29, 1.82) is 0 Å². The van der Waals surface area contributed by atoms with E-state index < -0.39 is 11.9 Å². The number of fused-ring (bicyclic) bond motifs is 1. The van der Waals surface area contributed by atoms with Crippen molar-refractivity contribution in [2.24, 2.45) is 17.6 Å². The number of rotatable bonds is 13. The van der Waals surface area contributed by atoms with Gasteiger partial charge in [0.1, 0.15) is 0 Å². The molecule has 2 aliphatic heterocycles. The van der Waals surface area contributed by atoms with E-state index in [0.29, 0.717) is 37.1 Å². The Morgan fingerprint density at radius 1 is 1.13 bits per heavy atom. The quantitative estimate of drug-likeness (QED) is 0.370. The van der Waals surface area contributed by atoms with Gasteiger partial charge in [-0.05, 0) is 54.2 Å². The molecule has 8 nitrogen and oxygen atoms in total. The van der Waals surface area contributed by atoms with Crippen molar-refractivity contribution in [2.45, 2.75) is 71.4 Å². The van der Waals surface area contributed by atoms with E-state index in [0.717, 1.165) is 48.9 Å². The minimum absolute atomic E-state index is 0.0127. The van der Waals surface area contributed by atoms with Crippen molar-refractivity contribution in [1.82, 2.24) is 4.90 Å². The summed E-state index contributed by atoms with van der Waals surface area (Å²) >= 11 is 0. The summed E-state index contributed by atoms with van der Waals surface area (Å²) in [6.45, 7) is 8.30. The maximum atomic E-state index is 13.9. The highest BCUT2D eigenvalue weighted by Crippen LogP contribution is 2.43. The number of amides is 1. The van der Waals surface area contributed by atoms with E-state index in [9.17, 15) is 14.7 Å². The lowest BCUT2D eigenvalue weighted by Crippen LogP contribution is -2.45. The standard InChI is InChI=1S/C31H43N3O5/c1-4-6-13-34(24-10-7-9-22(15-24)17-32)29(35)19-33-18-25(23-11-12-27-28(16-23)39-20-38-27)30(31(36)37)26(33)14-21(3)8-5-2/h7,9-12,15-16,21,25-26,30H,4-6,8,13-14,17-20,32H2,1-3H3,(H,36,37)/t21?,25-,26+,30-/m1/s1. The maximum Gasteiger partial charge on any atom is 0.308 e. The van der Waals surface area contributed by atoms with Crippen LogP contribution in [-0.4, -0.2) is 54.4 Å². The fourth-order valence-corrected chi connectivity index (χ4v) is 6.11. The van der Waals surface area contributed by atoms with E-state index in [1.54, 1.807) is 0 Å². The highest BCUT2D eigenvalue weighted by Gasteiger charge is 2.47. The van der Waals surface area contributed by atoms with E-state index in [-0.39, 0.29) is 31.2 Å². The third-order valence-corrected chi connectivity index (χ3v) is 8.12. The average Bonchev–Trinajstić information content (AvgIpc) is 3.53. The first-order valence-electron chi connectivity index (χ1n) is 14.3. The van der Waals surface area contributed by atoms with Crippen LogP contribution in [0.25, 0.3) is 0 Å². The first-order chi connectivity index (χ1) is 18.9. The monoisotopic (exact) mass is 537 g/mol. The lowest BCUT2D eigenvalue weighted by atomic mass is 9.81. The zero-order valence-electron chi connectivity index (χ0n) is 23.5. The number of hydrogen-bond donors (Lipinski definition) is 2. The molecule has 0 radical (unpaired) electrons. The Kier molecular flexibility index (Phi) is 9.86. The number of nitrogens with two attached hydrogens (primary N) is 1. The molecular formula is C31H43N3O5. The number of ether oxygens (including phenoxy) is 2. The van der Waals surface area contributed by atoms with Crippen LogP contribution in [0.2, 0.25) is 0 Å². The Balaban J connectivity index is 1.64. The SMILES string of the molecule is CCCCN(C(=O)CN1C[C@H](c2ccc3c(c2)OCO3)[C@@H](C(=O)O)[C@@H]1CC(C)CCC)c1cccc(CN)c1. The predicted molar refractivity (Wildman–Crippen MR) is 152 cm³/mol. The van der Waals surface area contributed by atoms with E-state index >= 15 is 0 Å². The van der Waals surface area contributed by atoms with Crippen LogP contribution >= 0.6 is 0 Å². The minimum atomic E-state index is -0.820. The number of benzene rings is 2. The second-order valence-corrected chi connectivity index (χ2v) is 11.0. The molecule has 2 aromatic rings. The van der Waals surface area contributed by atoms with E-state index in [1.807, 2.05) is 47.4 Å². The Morgan fingerprint density at radius 2 is 1.92 bits per heavy atom. The molecule has 1 unspecified atom stereocenters. The zero-order chi connectivity index (χ0) is 27.9. The summed E-state index contributed by atoms with van der Waals surface area (Å²) in [5, 5.41) is 10.5. The second kappa shape index (κ2) is 13.3. The van der Waals surface area contributed by atoms with Gasteiger partial charge in [-0.3, -0.25) is 14.5 Å². The van der Waals surface area contributed by atoms with Gasteiger partial charge in [-0.1, -0.05) is 58.2 Å². The summed E-state index contributed by atoms with van der Waals surface area (Å²) in [6.07, 6.45) is 4.64. The number of aliphatic carboxylic acids is 1. The topological polar surface area (TPSA) is 105 Å². The summed E-state index contributed by atoms with van der Waals surface area (Å²) in [4.78, 5) is 30.6. The fraction of sp³-hybridized carbons (Fsp3) is 0.548. The largest absolute Gasteiger partial charge is 0.481 e. The number of carbonyl (C=O) groups is 2. The smallest absolute Gasteiger partial charge is 0.308 e. The van der Waals surface area contributed by atoms with E-state index in [2.05, 4.69) is 25.7 Å². The molecule has 2 aliphatic rings. The van der Waals surface area contributed by atoms with E-state index in [4.69, 9.17) is 15.2 Å². The number of hydrogen-bond acceptors (Lipinski definition) is 6. The number of unbranched alkanes of at least 4 members (excludes halogenated alkanes) is 1. The molecule has 0 aliphatic carbocycles. The Bertz CT molecular complexity index is 1140. The van der Waals surface area contributed by atoms with Crippen LogP contribution in [0.5, 0.6) is 11.5 Å². The van der Waals surface area contributed by atoms with Crippen LogP contribution in [0.15, 0.2) is 42.5 Å². The summed E-state index contributed by atoms with van der Waals surface area (Å²) in [6, 6.07) is 13.3. The van der Waals surface area contributed by atoms with Gasteiger partial charge < -0.3 is 25.2 Å². The molecule has 3 N–H and O–H groups in total. The minimum Gasteiger partial charge on any atom is -0.481 e. The molecule has 39 heavy (non-hydrogen) atoms. The van der Waals surface area contributed by atoms with Crippen LogP contribution < -0.4 is 20.1 Å². The van der Waals surface area contributed by atoms with Crippen molar-refractivity contribution >= 4 is 17.6 Å². The second-order valence-electron chi connectivity index (χ2n) is 11.0. The number of carboxylic acid groups (broad SMARTS) is 1. The predicted octanol–water partition coefficient (Wildman–Crippen LogP) is 5.00. The van der Waals surface area contributed by atoms with Gasteiger partial charge in [0.2, 0.25) is 12.7 Å². The highest BCUT2D eigenvalue weighted by atomic mass is 16.7. The normalized spacial score (nSPS) is 21.2. The number of anilines is 1. The van der Waals surface area contributed by atoms with Crippen LogP contribution in [0.3, 0.4) is 0 Å². The Labute approximate surface area is 232 Å². The third-order valence-electron chi connectivity index (χ3n) is 8.12. The summed E-state index contributed by atoms with van der Waals surface area (Å²) in [5.41, 5.74) is 8.61. The number of nitrogens with zero attached hydrogens (tertiary/aromatic N) is 2. The summed E-state index contributed by atoms with van der Waals surface area (Å²) in [5.74, 6) is -0.0357. The Morgan fingerprint density at radius 3 is 2.64 bits per heavy atom. The molecule has 8 heteroatoms. The highest BCUT2D eigenvalue weighted by molar-refractivity contribution is 5.95. The summed E-state index contributed by atoms with van der Waals surface area (Å²) in [7, 11) is 0. The van der Waals surface area contributed by atoms with Gasteiger partial charge in [0.05, 0.1) is 12.5 Å². The molecule has 1 saturated heterocycles. The van der Waals surface area contributed by atoms with Gasteiger partial charge in [0.25, 0.3) is 0 Å². The lowest BCUT2D eigenvalue weighted by Gasteiger charge is -2.31. The van der Waals surface area contributed by atoms with Crippen LogP contribution in [-0.2, 0) is 16.1 Å². The molecule has 1 fully saturated rings. The molecule has 0 spiro atoms. The van der Waals surface area contributed by atoms with Crippen molar-refractivity contribution in [3.8, 4) is 11.5 Å². The van der Waals surface area contributed by atoms with Crippen molar-refractivity contribution < 1.29 is 24.2 Å². The summed E-state index contributed by atoms with van der Waals surface area (Å²) < 4.78 is 11.1. The zero-order valence-corrected chi connectivity index (χ0v) is 23.5. The van der Waals surface area contributed by atoms with Gasteiger partial charge in [-0.15, -0.1) is 0 Å². The molecule has 1 amide bonds. The third kappa shape index (κ3) is 6.73. The first kappa shape index (κ1) is 28.9. The van der Waals surface area contributed by atoms with Crippen molar-refractivity contribution in [2.75, 3.05) is 31.3 Å². The van der Waals surface area contributed by atoms with Gasteiger partial charge in [0, 0.05) is 37.3 Å². The van der Waals surface area contributed by atoms with Gasteiger partial charge in [0.15, 0.2) is 11.5 Å². The van der Waals surface area contributed by atoms with Crippen molar-refractivity contribution in [3.05, 3.63) is 53.6 Å². The maximum absolute atomic E-state index is 13.9. The molecule has 0 aromatic heterocycles.